The Kier molecular flexibility index (Phi) is 4.89. The summed E-state index contributed by atoms with van der Waals surface area (Å²) in [5, 5.41) is 3.01. The number of carbonyl (C=O) groups excluding carboxylic acids is 1. The molecule has 170 valence electrons. The predicted molar refractivity (Wildman–Crippen MR) is 123 cm³/mol. The first-order chi connectivity index (χ1) is 15.7. The molecule has 0 saturated heterocycles. The molecule has 1 aliphatic carbocycles. The Balaban J connectivity index is 1.81. The van der Waals surface area contributed by atoms with Gasteiger partial charge in [0.15, 0.2) is 11.2 Å². The summed E-state index contributed by atoms with van der Waals surface area (Å²) in [6, 6.07) is 8.26. The third kappa shape index (κ3) is 3.62. The van der Waals surface area contributed by atoms with Crippen LogP contribution >= 0.6 is 0 Å². The third-order valence-corrected chi connectivity index (χ3v) is 7.66. The highest BCUT2D eigenvalue weighted by Gasteiger charge is 2.41. The van der Waals surface area contributed by atoms with Crippen LogP contribution in [0.5, 0.6) is 5.88 Å². The number of hydrogen-bond acceptors (Lipinski definition) is 8. The topological polar surface area (TPSA) is 116 Å². The number of para-hydroxylation sites is 1. The van der Waals surface area contributed by atoms with E-state index in [0.717, 1.165) is 0 Å². The lowest BCUT2D eigenvalue weighted by molar-refractivity contribution is -0.113. The van der Waals surface area contributed by atoms with Gasteiger partial charge in [0.2, 0.25) is 5.88 Å². The van der Waals surface area contributed by atoms with Crippen molar-refractivity contribution in [1.29, 1.82) is 0 Å². The van der Waals surface area contributed by atoms with Gasteiger partial charge >= 0.3 is 10.1 Å². The number of Topliss-reactive ketones (excluding diaryl/α,β-unsaturated/α-hetero) is 1. The Labute approximate surface area is 190 Å². The average Bonchev–Trinajstić information content (AvgIpc) is 3.58. The highest BCUT2D eigenvalue weighted by molar-refractivity contribution is 7.88. The van der Waals surface area contributed by atoms with Crippen molar-refractivity contribution >= 4 is 32.6 Å². The van der Waals surface area contributed by atoms with Gasteiger partial charge in [-0.3, -0.25) is 9.59 Å². The number of carbonyl (C=O) groups is 1. The maximum absolute atomic E-state index is 12.8. The van der Waals surface area contributed by atoms with Crippen LogP contribution in [0.1, 0.15) is 49.5 Å². The van der Waals surface area contributed by atoms with E-state index in [9.17, 15) is 18.0 Å². The number of rotatable bonds is 5. The maximum Gasteiger partial charge on any atom is 0.313 e. The highest BCUT2D eigenvalue weighted by Crippen LogP contribution is 2.47. The minimum atomic E-state index is -3.85. The Morgan fingerprint density at radius 1 is 1.21 bits per heavy atom. The van der Waals surface area contributed by atoms with Crippen LogP contribution in [-0.2, 0) is 14.9 Å². The van der Waals surface area contributed by atoms with Crippen molar-refractivity contribution in [2.75, 3.05) is 5.32 Å². The van der Waals surface area contributed by atoms with Crippen LogP contribution in [0.25, 0.3) is 11.0 Å². The normalized spacial score (nSPS) is 18.1. The quantitative estimate of drug-likeness (QED) is 0.565. The number of ketones is 1. The van der Waals surface area contributed by atoms with Gasteiger partial charge in [0.1, 0.15) is 11.3 Å². The molecule has 1 N–H and O–H groups in total. The van der Waals surface area contributed by atoms with Gasteiger partial charge in [0.25, 0.3) is 0 Å². The molecule has 2 aliphatic rings. The zero-order chi connectivity index (χ0) is 23.5. The Hall–Kier alpha value is -3.46. The molecular formula is C24H22N2O6S. The number of hydrogen-bond donors (Lipinski definition) is 1. The lowest BCUT2D eigenvalue weighted by Gasteiger charge is -2.31. The van der Waals surface area contributed by atoms with Crippen LogP contribution in [0.4, 0.5) is 5.69 Å². The van der Waals surface area contributed by atoms with Crippen LogP contribution in [0, 0.1) is 6.92 Å². The van der Waals surface area contributed by atoms with E-state index >= 15 is 0 Å². The molecule has 0 spiro atoms. The van der Waals surface area contributed by atoms with Gasteiger partial charge in [-0.2, -0.15) is 8.42 Å². The van der Waals surface area contributed by atoms with E-state index in [-0.39, 0.29) is 17.1 Å². The predicted octanol–water partition coefficient (Wildman–Crippen LogP) is 3.79. The summed E-state index contributed by atoms with van der Waals surface area (Å²) in [6.07, 6.45) is 2.55. The second-order valence-electron chi connectivity index (χ2n) is 8.45. The minimum Gasteiger partial charge on any atom is -0.461 e. The van der Waals surface area contributed by atoms with E-state index in [1.54, 1.807) is 38.1 Å². The Morgan fingerprint density at radius 3 is 2.67 bits per heavy atom. The number of aromatic nitrogens is 1. The van der Waals surface area contributed by atoms with E-state index < -0.39 is 21.3 Å². The molecule has 0 amide bonds. The van der Waals surface area contributed by atoms with Crippen molar-refractivity contribution < 1.29 is 21.8 Å². The van der Waals surface area contributed by atoms with Gasteiger partial charge < -0.3 is 13.9 Å². The van der Waals surface area contributed by atoms with Gasteiger partial charge in [0, 0.05) is 34.8 Å². The van der Waals surface area contributed by atoms with Crippen molar-refractivity contribution in [2.45, 2.75) is 44.8 Å². The molecule has 1 aliphatic heterocycles. The van der Waals surface area contributed by atoms with Crippen LogP contribution in [0.3, 0.4) is 0 Å². The molecule has 2 aromatic heterocycles. The molecule has 1 saturated carbocycles. The van der Waals surface area contributed by atoms with Gasteiger partial charge in [-0.05, 0) is 45.7 Å². The Morgan fingerprint density at radius 2 is 1.97 bits per heavy atom. The second kappa shape index (κ2) is 7.55. The summed E-state index contributed by atoms with van der Waals surface area (Å²) in [5.41, 5.74) is 2.72. The summed E-state index contributed by atoms with van der Waals surface area (Å²) in [6.45, 7) is 4.91. The van der Waals surface area contributed by atoms with E-state index in [4.69, 9.17) is 8.60 Å². The zero-order valence-electron chi connectivity index (χ0n) is 18.3. The molecule has 1 fully saturated rings. The summed E-state index contributed by atoms with van der Waals surface area (Å²) in [7, 11) is -3.85. The zero-order valence-corrected chi connectivity index (χ0v) is 19.2. The average molecular weight is 467 g/mol. The van der Waals surface area contributed by atoms with Crippen LogP contribution < -0.4 is 14.9 Å². The standard InChI is InChI=1S/C24H22N2O6S/c1-12-11-19(28)16-5-4-6-17(23(16)31-12)21-20(14(3)27)13(2)26-18-9-10-25-24(22(18)21)32-33(29,30)15-7-8-15/h4-6,9-11,15,21,26H,7-8H2,1-3H3. The lowest BCUT2D eigenvalue weighted by Crippen LogP contribution is -2.25. The third-order valence-electron chi connectivity index (χ3n) is 5.98. The number of fused-ring (bicyclic) bond motifs is 2. The molecule has 5 rings (SSSR count). The van der Waals surface area contributed by atoms with E-state index in [0.29, 0.717) is 57.7 Å². The fourth-order valence-electron chi connectivity index (χ4n) is 4.39. The number of pyridine rings is 1. The van der Waals surface area contributed by atoms with Crippen molar-refractivity contribution in [1.82, 2.24) is 4.98 Å². The largest absolute Gasteiger partial charge is 0.461 e. The van der Waals surface area contributed by atoms with Crippen LogP contribution in [0.15, 0.2) is 57.0 Å². The first kappa shape index (κ1) is 21.4. The minimum absolute atomic E-state index is 0.0878. The van der Waals surface area contributed by atoms with Crippen molar-refractivity contribution in [3.05, 3.63) is 74.9 Å². The first-order valence-corrected chi connectivity index (χ1v) is 12.1. The Bertz CT molecular complexity index is 1520. The maximum atomic E-state index is 12.8. The molecule has 3 heterocycles. The van der Waals surface area contributed by atoms with E-state index in [1.807, 2.05) is 0 Å². The molecule has 8 nitrogen and oxygen atoms in total. The monoisotopic (exact) mass is 466 g/mol. The molecule has 1 atom stereocenters. The molecule has 0 bridgehead atoms. The number of allylic oxidation sites excluding steroid dienone is 2. The molecule has 1 aromatic carbocycles. The second-order valence-corrected chi connectivity index (χ2v) is 10.3. The number of nitrogens with zero attached hydrogens (tertiary/aromatic N) is 1. The number of nitrogens with one attached hydrogen (secondary N) is 1. The van der Waals surface area contributed by atoms with Crippen molar-refractivity contribution in [3.63, 3.8) is 0 Å². The summed E-state index contributed by atoms with van der Waals surface area (Å²) in [4.78, 5) is 29.7. The highest BCUT2D eigenvalue weighted by atomic mass is 32.2. The summed E-state index contributed by atoms with van der Waals surface area (Å²) in [5.74, 6) is -0.610. The molecular weight excluding hydrogens is 444 g/mol. The van der Waals surface area contributed by atoms with Gasteiger partial charge in [-0.1, -0.05) is 12.1 Å². The van der Waals surface area contributed by atoms with E-state index in [2.05, 4.69) is 10.3 Å². The SMILES string of the molecule is CC(=O)C1=C(C)Nc2ccnc(OS(=O)(=O)C3CC3)c2C1c1cccc2c(=O)cc(C)oc12. The van der Waals surface area contributed by atoms with Gasteiger partial charge in [0.05, 0.1) is 22.1 Å². The fraction of sp³-hybridized carbons (Fsp3) is 0.292. The number of anilines is 1. The number of benzene rings is 1. The molecule has 3 aromatic rings. The van der Waals surface area contributed by atoms with E-state index in [1.165, 1.54) is 19.2 Å². The summed E-state index contributed by atoms with van der Waals surface area (Å²) >= 11 is 0. The van der Waals surface area contributed by atoms with Crippen LogP contribution in [-0.4, -0.2) is 24.4 Å². The number of aryl methyl sites for hydroxylation is 1. The van der Waals surface area contributed by atoms with Crippen molar-refractivity contribution in [3.8, 4) is 5.88 Å². The summed E-state index contributed by atoms with van der Waals surface area (Å²) < 4.78 is 36.8. The smallest absolute Gasteiger partial charge is 0.313 e. The molecule has 33 heavy (non-hydrogen) atoms. The fourth-order valence-corrected chi connectivity index (χ4v) is 5.60. The van der Waals surface area contributed by atoms with Gasteiger partial charge in [-0.15, -0.1) is 0 Å². The molecule has 0 radical (unpaired) electrons. The van der Waals surface area contributed by atoms with Gasteiger partial charge in [-0.25, -0.2) is 4.98 Å². The molecule has 1 unspecified atom stereocenters. The van der Waals surface area contributed by atoms with Crippen molar-refractivity contribution in [2.24, 2.45) is 0 Å². The first-order valence-electron chi connectivity index (χ1n) is 10.6. The molecule has 9 heteroatoms. The lowest BCUT2D eigenvalue weighted by atomic mass is 9.79. The van der Waals surface area contributed by atoms with Crippen LogP contribution in [0.2, 0.25) is 0 Å².